The van der Waals surface area contributed by atoms with Crippen molar-refractivity contribution < 1.29 is 21.6 Å². The number of carbonyl (C=O) groups excluding carboxylic acids is 1. The molecule has 0 aliphatic carbocycles. The predicted octanol–water partition coefficient (Wildman–Crippen LogP) is 1.06. The Balaban J connectivity index is 1.67. The van der Waals surface area contributed by atoms with Gasteiger partial charge in [-0.1, -0.05) is 12.1 Å². The van der Waals surface area contributed by atoms with Crippen LogP contribution in [-0.2, 0) is 26.6 Å². The number of benzene rings is 2. The number of nitrogens with one attached hydrogen (secondary N) is 2. The molecule has 150 valence electrons. The molecule has 0 spiro atoms. The van der Waals surface area contributed by atoms with E-state index in [1.165, 1.54) is 23.5 Å². The maximum Gasteiger partial charge on any atom is 0.251 e. The van der Waals surface area contributed by atoms with Crippen molar-refractivity contribution in [1.29, 1.82) is 0 Å². The van der Waals surface area contributed by atoms with Gasteiger partial charge in [0.15, 0.2) is 0 Å². The lowest BCUT2D eigenvalue weighted by Gasteiger charge is -2.17. The lowest BCUT2D eigenvalue weighted by molar-refractivity contribution is 0.0951. The Morgan fingerprint density at radius 2 is 1.86 bits per heavy atom. The molecule has 2 N–H and O–H groups in total. The number of hydrogen-bond acceptors (Lipinski definition) is 5. The quantitative estimate of drug-likeness (QED) is 0.722. The van der Waals surface area contributed by atoms with Gasteiger partial charge in [0.2, 0.25) is 20.0 Å². The minimum Gasteiger partial charge on any atom is -0.348 e. The topological polar surface area (TPSA) is 113 Å². The Labute approximate surface area is 164 Å². The van der Waals surface area contributed by atoms with Crippen LogP contribution in [0.2, 0.25) is 0 Å². The van der Waals surface area contributed by atoms with E-state index in [1.54, 1.807) is 36.4 Å². The van der Waals surface area contributed by atoms with E-state index in [0.717, 1.165) is 0 Å². The second-order valence-corrected chi connectivity index (χ2v) is 10.2. The van der Waals surface area contributed by atoms with Gasteiger partial charge in [0.1, 0.15) is 0 Å². The second kappa shape index (κ2) is 7.90. The summed E-state index contributed by atoms with van der Waals surface area (Å²) in [6.45, 7) is 0.605. The predicted molar refractivity (Wildman–Crippen MR) is 106 cm³/mol. The molecule has 0 unspecified atom stereocenters. The Hall–Kier alpha value is -2.43. The van der Waals surface area contributed by atoms with Crippen LogP contribution >= 0.6 is 0 Å². The van der Waals surface area contributed by atoms with Gasteiger partial charge in [-0.05, 0) is 55.4 Å². The number of anilines is 1. The van der Waals surface area contributed by atoms with Crippen LogP contribution in [0.3, 0.4) is 0 Å². The van der Waals surface area contributed by atoms with Crippen molar-refractivity contribution in [1.82, 2.24) is 10.0 Å². The summed E-state index contributed by atoms with van der Waals surface area (Å²) in [5, 5.41) is 2.73. The van der Waals surface area contributed by atoms with Crippen molar-refractivity contribution >= 4 is 31.6 Å². The third-order valence-electron chi connectivity index (χ3n) is 4.45. The maximum atomic E-state index is 12.3. The molecule has 1 aliphatic rings. The molecule has 0 saturated carbocycles. The molecule has 10 heteroatoms. The molecule has 2 aromatic carbocycles. The van der Waals surface area contributed by atoms with E-state index in [2.05, 4.69) is 10.0 Å². The fraction of sp³-hybridized carbons (Fsp3) is 0.278. The van der Waals surface area contributed by atoms with Gasteiger partial charge in [-0.2, -0.15) is 0 Å². The minimum atomic E-state index is -3.55. The average molecular weight is 424 g/mol. The van der Waals surface area contributed by atoms with Crippen LogP contribution < -0.4 is 14.3 Å². The molecule has 1 amide bonds. The Morgan fingerprint density at radius 3 is 2.46 bits per heavy atom. The van der Waals surface area contributed by atoms with E-state index in [-0.39, 0.29) is 23.1 Å². The maximum absolute atomic E-state index is 12.3. The SMILES string of the molecule is CNS(=O)(=O)c1cccc(CNC(=O)c2ccc(N3CCCS3(=O)=O)cc2)c1. The molecule has 1 heterocycles. The van der Waals surface area contributed by atoms with E-state index in [9.17, 15) is 21.6 Å². The fourth-order valence-corrected chi connectivity index (χ4v) is 5.30. The highest BCUT2D eigenvalue weighted by Gasteiger charge is 2.28. The normalized spacial score (nSPS) is 16.1. The van der Waals surface area contributed by atoms with Crippen molar-refractivity contribution in [3.8, 4) is 0 Å². The first-order valence-corrected chi connectivity index (χ1v) is 11.7. The number of rotatable bonds is 6. The zero-order chi connectivity index (χ0) is 20.4. The van der Waals surface area contributed by atoms with Crippen LogP contribution in [-0.4, -0.2) is 42.1 Å². The van der Waals surface area contributed by atoms with Gasteiger partial charge < -0.3 is 5.32 Å². The summed E-state index contributed by atoms with van der Waals surface area (Å²) in [7, 11) is -5.48. The van der Waals surface area contributed by atoms with E-state index < -0.39 is 20.0 Å². The highest BCUT2D eigenvalue weighted by Crippen LogP contribution is 2.24. The Morgan fingerprint density at radius 1 is 1.14 bits per heavy atom. The monoisotopic (exact) mass is 423 g/mol. The molecule has 28 heavy (non-hydrogen) atoms. The molecule has 1 fully saturated rings. The molecule has 0 aromatic heterocycles. The number of amides is 1. The van der Waals surface area contributed by atoms with Gasteiger partial charge in [0.25, 0.3) is 5.91 Å². The Bertz CT molecular complexity index is 1080. The summed E-state index contributed by atoms with van der Waals surface area (Å²) in [6.07, 6.45) is 0.590. The summed E-state index contributed by atoms with van der Waals surface area (Å²) < 4.78 is 51.2. The highest BCUT2D eigenvalue weighted by molar-refractivity contribution is 7.93. The van der Waals surface area contributed by atoms with Crippen molar-refractivity contribution in [2.45, 2.75) is 17.9 Å². The molecular formula is C18H21N3O5S2. The highest BCUT2D eigenvalue weighted by atomic mass is 32.2. The third kappa shape index (κ3) is 4.34. The summed E-state index contributed by atoms with van der Waals surface area (Å²) in [5.74, 6) is -0.199. The third-order valence-corrected chi connectivity index (χ3v) is 7.73. The molecular weight excluding hydrogens is 402 g/mol. The minimum absolute atomic E-state index is 0.123. The molecule has 0 radical (unpaired) electrons. The summed E-state index contributed by atoms with van der Waals surface area (Å²) in [4.78, 5) is 12.5. The number of nitrogens with zero attached hydrogens (tertiary/aromatic N) is 1. The van der Waals surface area contributed by atoms with Gasteiger partial charge in [0, 0.05) is 18.7 Å². The van der Waals surface area contributed by atoms with Crippen LogP contribution in [0.15, 0.2) is 53.4 Å². The molecule has 3 rings (SSSR count). The summed E-state index contributed by atoms with van der Waals surface area (Å²) in [5.41, 5.74) is 1.57. The first kappa shape index (κ1) is 20.3. The number of sulfonamides is 2. The zero-order valence-corrected chi connectivity index (χ0v) is 16.9. The molecule has 1 aliphatic heterocycles. The van der Waals surface area contributed by atoms with Crippen molar-refractivity contribution in [3.05, 3.63) is 59.7 Å². The van der Waals surface area contributed by atoms with Gasteiger partial charge in [-0.3, -0.25) is 9.10 Å². The first-order chi connectivity index (χ1) is 13.2. The van der Waals surface area contributed by atoms with Crippen molar-refractivity contribution in [2.75, 3.05) is 23.7 Å². The molecule has 0 bridgehead atoms. The molecule has 2 aromatic rings. The Kier molecular flexibility index (Phi) is 5.73. The second-order valence-electron chi connectivity index (χ2n) is 6.33. The molecule has 1 saturated heterocycles. The standard InChI is InChI=1S/C18H21N3O5S2/c1-19-28(25,26)17-5-2-4-14(12-17)13-20-18(22)15-6-8-16(9-7-15)21-10-3-11-27(21,23)24/h2,4-9,12,19H,3,10-11,13H2,1H3,(H,20,22). The number of hydrogen-bond donors (Lipinski definition) is 2. The smallest absolute Gasteiger partial charge is 0.251 e. The van der Waals surface area contributed by atoms with Crippen LogP contribution in [0.4, 0.5) is 5.69 Å². The lowest BCUT2D eigenvalue weighted by atomic mass is 10.1. The summed E-state index contributed by atoms with van der Waals surface area (Å²) >= 11 is 0. The van der Waals surface area contributed by atoms with E-state index in [1.807, 2.05) is 0 Å². The summed E-state index contributed by atoms with van der Waals surface area (Å²) in [6, 6.07) is 12.7. The van der Waals surface area contributed by atoms with E-state index in [4.69, 9.17) is 0 Å². The molecule has 8 nitrogen and oxygen atoms in total. The van der Waals surface area contributed by atoms with E-state index in [0.29, 0.717) is 29.8 Å². The van der Waals surface area contributed by atoms with Crippen molar-refractivity contribution in [2.24, 2.45) is 0 Å². The van der Waals surface area contributed by atoms with Gasteiger partial charge in [-0.15, -0.1) is 0 Å². The lowest BCUT2D eigenvalue weighted by Crippen LogP contribution is -2.26. The van der Waals surface area contributed by atoms with Crippen LogP contribution in [0.1, 0.15) is 22.3 Å². The largest absolute Gasteiger partial charge is 0.348 e. The van der Waals surface area contributed by atoms with Gasteiger partial charge in [0.05, 0.1) is 16.3 Å². The zero-order valence-electron chi connectivity index (χ0n) is 15.3. The number of carbonyl (C=O) groups is 1. The van der Waals surface area contributed by atoms with Crippen LogP contribution in [0, 0.1) is 0 Å². The average Bonchev–Trinajstić information content (AvgIpc) is 3.05. The van der Waals surface area contributed by atoms with Crippen LogP contribution in [0.25, 0.3) is 0 Å². The molecule has 0 atom stereocenters. The van der Waals surface area contributed by atoms with Crippen LogP contribution in [0.5, 0.6) is 0 Å². The van der Waals surface area contributed by atoms with Gasteiger partial charge in [-0.25, -0.2) is 21.6 Å². The fourth-order valence-electron chi connectivity index (χ4n) is 2.93. The van der Waals surface area contributed by atoms with Gasteiger partial charge >= 0.3 is 0 Å². The van der Waals surface area contributed by atoms with E-state index >= 15 is 0 Å². The van der Waals surface area contributed by atoms with Crippen molar-refractivity contribution in [3.63, 3.8) is 0 Å². The first-order valence-electron chi connectivity index (χ1n) is 8.64.